The molecule has 4 aromatic rings. The fourth-order valence-corrected chi connectivity index (χ4v) is 2.68. The molecular weight excluding hydrogens is 342 g/mol. The molecule has 0 radical (unpaired) electrons. The van der Waals surface area contributed by atoms with E-state index >= 15 is 0 Å². The molecule has 134 valence electrons. The van der Waals surface area contributed by atoms with Crippen molar-refractivity contribution in [3.8, 4) is 11.5 Å². The van der Waals surface area contributed by atoms with Crippen LogP contribution in [0.15, 0.2) is 67.6 Å². The summed E-state index contributed by atoms with van der Waals surface area (Å²) in [5, 5.41) is 6.96. The zero-order chi connectivity index (χ0) is 18.6. The van der Waals surface area contributed by atoms with E-state index in [-0.39, 0.29) is 5.91 Å². The number of carbonyl (C=O) groups excluding carboxylic acids is 1. The van der Waals surface area contributed by atoms with Crippen molar-refractivity contribution >= 4 is 5.91 Å². The van der Waals surface area contributed by atoms with Gasteiger partial charge in [-0.15, -0.1) is 0 Å². The van der Waals surface area contributed by atoms with Crippen molar-refractivity contribution in [1.29, 1.82) is 0 Å². The molecule has 27 heavy (non-hydrogen) atoms. The van der Waals surface area contributed by atoms with E-state index in [1.54, 1.807) is 35.5 Å². The molecule has 0 saturated heterocycles. The standard InChI is InChI=1S/C19H17N7O/c1-14-21-8-9-25(14)18-7-2-15(10-22-18)11-23-19(27)16-3-5-17(6-4-16)26-13-20-12-24-26/h2-10,12-13H,11H2,1H3,(H,23,27). The van der Waals surface area contributed by atoms with E-state index in [0.29, 0.717) is 12.1 Å². The number of amides is 1. The van der Waals surface area contributed by atoms with Crippen LogP contribution >= 0.6 is 0 Å². The second-order valence-electron chi connectivity index (χ2n) is 5.94. The molecule has 0 aliphatic rings. The molecular formula is C19H17N7O. The zero-order valence-electron chi connectivity index (χ0n) is 14.6. The van der Waals surface area contributed by atoms with E-state index in [2.05, 4.69) is 25.4 Å². The lowest BCUT2D eigenvalue weighted by atomic mass is 10.2. The average Bonchev–Trinajstić information content (AvgIpc) is 3.39. The normalized spacial score (nSPS) is 10.7. The highest BCUT2D eigenvalue weighted by atomic mass is 16.1. The van der Waals surface area contributed by atoms with Crippen molar-refractivity contribution in [3.05, 3.63) is 84.6 Å². The largest absolute Gasteiger partial charge is 0.348 e. The highest BCUT2D eigenvalue weighted by Gasteiger charge is 2.07. The quantitative estimate of drug-likeness (QED) is 0.589. The van der Waals surface area contributed by atoms with Crippen LogP contribution in [0, 0.1) is 6.92 Å². The third kappa shape index (κ3) is 3.59. The van der Waals surface area contributed by atoms with E-state index in [0.717, 1.165) is 22.9 Å². The predicted molar refractivity (Wildman–Crippen MR) is 98.6 cm³/mol. The summed E-state index contributed by atoms with van der Waals surface area (Å²) in [5.74, 6) is 1.52. The summed E-state index contributed by atoms with van der Waals surface area (Å²) in [6.07, 6.45) is 8.43. The summed E-state index contributed by atoms with van der Waals surface area (Å²) in [6, 6.07) is 11.0. The minimum absolute atomic E-state index is 0.144. The molecule has 0 aliphatic heterocycles. The molecule has 0 aliphatic carbocycles. The van der Waals surface area contributed by atoms with Crippen molar-refractivity contribution < 1.29 is 4.79 Å². The fourth-order valence-electron chi connectivity index (χ4n) is 2.68. The second kappa shape index (κ2) is 7.20. The lowest BCUT2D eigenvalue weighted by molar-refractivity contribution is 0.0951. The number of nitrogens with one attached hydrogen (secondary N) is 1. The van der Waals surface area contributed by atoms with Gasteiger partial charge >= 0.3 is 0 Å². The molecule has 1 amide bonds. The molecule has 4 rings (SSSR count). The smallest absolute Gasteiger partial charge is 0.251 e. The summed E-state index contributed by atoms with van der Waals surface area (Å²) in [7, 11) is 0. The SMILES string of the molecule is Cc1nccn1-c1ccc(CNC(=O)c2ccc(-n3cncn3)cc2)cn1. The van der Waals surface area contributed by atoms with Crippen LogP contribution in [0.1, 0.15) is 21.7 Å². The molecule has 3 aromatic heterocycles. The highest BCUT2D eigenvalue weighted by molar-refractivity contribution is 5.94. The van der Waals surface area contributed by atoms with Crippen molar-refractivity contribution in [2.24, 2.45) is 0 Å². The van der Waals surface area contributed by atoms with Crippen molar-refractivity contribution in [1.82, 2.24) is 34.6 Å². The Morgan fingerprint density at radius 2 is 1.96 bits per heavy atom. The van der Waals surface area contributed by atoms with Crippen LogP contribution in [0.2, 0.25) is 0 Å². The fraction of sp³-hybridized carbons (Fsp3) is 0.105. The number of benzene rings is 1. The maximum atomic E-state index is 12.3. The van der Waals surface area contributed by atoms with Crippen LogP contribution in [0.3, 0.4) is 0 Å². The minimum atomic E-state index is -0.144. The molecule has 1 N–H and O–H groups in total. The van der Waals surface area contributed by atoms with Gasteiger partial charge in [0.15, 0.2) is 0 Å². The van der Waals surface area contributed by atoms with Gasteiger partial charge in [0.25, 0.3) is 5.91 Å². The third-order valence-electron chi connectivity index (χ3n) is 4.15. The van der Waals surface area contributed by atoms with E-state index in [1.165, 1.54) is 6.33 Å². The maximum Gasteiger partial charge on any atom is 0.251 e. The summed E-state index contributed by atoms with van der Waals surface area (Å²) < 4.78 is 3.54. The molecule has 0 atom stereocenters. The van der Waals surface area contributed by atoms with Gasteiger partial charge in [0.05, 0.1) is 5.69 Å². The Morgan fingerprint density at radius 1 is 1.11 bits per heavy atom. The number of hydrogen-bond acceptors (Lipinski definition) is 5. The second-order valence-corrected chi connectivity index (χ2v) is 5.94. The Hall–Kier alpha value is -3.81. The molecule has 0 fully saturated rings. The van der Waals surface area contributed by atoms with Crippen LogP contribution in [0.5, 0.6) is 0 Å². The molecule has 0 saturated carbocycles. The topological polar surface area (TPSA) is 90.5 Å². The molecule has 8 heteroatoms. The first-order valence-corrected chi connectivity index (χ1v) is 8.39. The van der Waals surface area contributed by atoms with Crippen LogP contribution in [0.4, 0.5) is 0 Å². The van der Waals surface area contributed by atoms with Gasteiger partial charge in [0.1, 0.15) is 24.3 Å². The number of imidazole rings is 1. The number of aromatic nitrogens is 6. The number of pyridine rings is 1. The molecule has 0 unspecified atom stereocenters. The first-order valence-electron chi connectivity index (χ1n) is 8.39. The lowest BCUT2D eigenvalue weighted by Gasteiger charge is -2.08. The summed E-state index contributed by atoms with van der Waals surface area (Å²) >= 11 is 0. The summed E-state index contributed by atoms with van der Waals surface area (Å²) in [4.78, 5) is 24.9. The Morgan fingerprint density at radius 3 is 2.59 bits per heavy atom. The Bertz CT molecular complexity index is 1030. The zero-order valence-corrected chi connectivity index (χ0v) is 14.6. The van der Waals surface area contributed by atoms with Gasteiger partial charge in [0, 0.05) is 30.7 Å². The molecule has 0 spiro atoms. The highest BCUT2D eigenvalue weighted by Crippen LogP contribution is 2.10. The van der Waals surface area contributed by atoms with Crippen LogP contribution in [-0.4, -0.2) is 35.2 Å². The van der Waals surface area contributed by atoms with Crippen LogP contribution in [0.25, 0.3) is 11.5 Å². The van der Waals surface area contributed by atoms with Crippen molar-refractivity contribution in [2.45, 2.75) is 13.5 Å². The maximum absolute atomic E-state index is 12.3. The van der Waals surface area contributed by atoms with E-state index in [9.17, 15) is 4.79 Å². The van der Waals surface area contributed by atoms with Gasteiger partial charge in [-0.25, -0.2) is 19.6 Å². The van der Waals surface area contributed by atoms with E-state index < -0.39 is 0 Å². The first kappa shape index (κ1) is 16.6. The summed E-state index contributed by atoms with van der Waals surface area (Å²) in [6.45, 7) is 2.32. The lowest BCUT2D eigenvalue weighted by Crippen LogP contribution is -2.22. The van der Waals surface area contributed by atoms with Gasteiger partial charge in [-0.2, -0.15) is 5.10 Å². The van der Waals surface area contributed by atoms with Crippen molar-refractivity contribution in [3.63, 3.8) is 0 Å². The molecule has 8 nitrogen and oxygen atoms in total. The number of nitrogens with zero attached hydrogens (tertiary/aromatic N) is 6. The Kier molecular flexibility index (Phi) is 4.44. The van der Waals surface area contributed by atoms with Gasteiger partial charge in [-0.05, 0) is 42.8 Å². The first-order chi connectivity index (χ1) is 13.2. The monoisotopic (exact) mass is 359 g/mol. The number of aryl methyl sites for hydroxylation is 1. The van der Waals surface area contributed by atoms with Crippen molar-refractivity contribution in [2.75, 3.05) is 0 Å². The Balaban J connectivity index is 1.38. The molecule has 3 heterocycles. The molecule has 0 bridgehead atoms. The minimum Gasteiger partial charge on any atom is -0.348 e. The van der Waals surface area contributed by atoms with Crippen LogP contribution < -0.4 is 5.32 Å². The Labute approximate surface area is 155 Å². The van der Waals surface area contributed by atoms with Crippen LogP contribution in [-0.2, 0) is 6.54 Å². The predicted octanol–water partition coefficient (Wildman–Crippen LogP) is 2.09. The number of rotatable bonds is 5. The average molecular weight is 359 g/mol. The van der Waals surface area contributed by atoms with Gasteiger partial charge in [0.2, 0.25) is 0 Å². The van der Waals surface area contributed by atoms with Gasteiger partial charge in [-0.1, -0.05) is 6.07 Å². The third-order valence-corrected chi connectivity index (χ3v) is 4.15. The number of carbonyl (C=O) groups is 1. The summed E-state index contributed by atoms with van der Waals surface area (Å²) in [5.41, 5.74) is 2.35. The van der Waals surface area contributed by atoms with E-state index in [4.69, 9.17) is 0 Å². The molecule has 1 aromatic carbocycles. The number of hydrogen-bond donors (Lipinski definition) is 1. The van der Waals surface area contributed by atoms with Gasteiger partial charge < -0.3 is 5.32 Å². The van der Waals surface area contributed by atoms with Gasteiger partial charge in [-0.3, -0.25) is 9.36 Å². The van der Waals surface area contributed by atoms with E-state index in [1.807, 2.05) is 42.0 Å².